The van der Waals surface area contributed by atoms with E-state index >= 15 is 0 Å². The van der Waals surface area contributed by atoms with Gasteiger partial charge in [0.2, 0.25) is 5.91 Å². The normalized spacial score (nSPS) is 10.9. The maximum atomic E-state index is 12.5. The van der Waals surface area contributed by atoms with Gasteiger partial charge in [0.1, 0.15) is 5.75 Å². The van der Waals surface area contributed by atoms with Crippen LogP contribution in [0.4, 0.5) is 14.5 Å². The number of thioether (sulfide) groups is 1. The van der Waals surface area contributed by atoms with Crippen molar-refractivity contribution in [3.8, 4) is 11.4 Å². The molecule has 0 radical (unpaired) electrons. The number of nitrogens with one attached hydrogen (secondary N) is 1. The molecule has 3 aromatic rings. The van der Waals surface area contributed by atoms with Crippen molar-refractivity contribution in [3.05, 3.63) is 56.5 Å². The van der Waals surface area contributed by atoms with E-state index in [1.165, 1.54) is 34.2 Å². The molecule has 2 aromatic carbocycles. The molecule has 0 saturated heterocycles. The van der Waals surface area contributed by atoms with E-state index in [-0.39, 0.29) is 17.2 Å². The fraction of sp³-hybridized carbons (Fsp3) is 0.118. The van der Waals surface area contributed by atoms with Gasteiger partial charge < -0.3 is 10.1 Å². The lowest BCUT2D eigenvalue weighted by molar-refractivity contribution is -0.113. The van der Waals surface area contributed by atoms with Crippen LogP contribution in [0.2, 0.25) is 10.0 Å². The smallest absolute Gasteiger partial charge is 0.387 e. The molecule has 0 fully saturated rings. The number of rotatable bonds is 7. The molecule has 0 aliphatic rings. The van der Waals surface area contributed by atoms with Gasteiger partial charge in [-0.3, -0.25) is 4.79 Å². The molecule has 0 bridgehead atoms. The summed E-state index contributed by atoms with van der Waals surface area (Å²) in [5.41, 5.74) is 0.808. The number of alkyl halides is 2. The van der Waals surface area contributed by atoms with Crippen molar-refractivity contribution in [2.45, 2.75) is 11.0 Å². The molecule has 3 rings (SSSR count). The van der Waals surface area contributed by atoms with Crippen molar-refractivity contribution in [2.24, 2.45) is 0 Å². The van der Waals surface area contributed by atoms with Crippen molar-refractivity contribution in [1.29, 1.82) is 0 Å². The predicted octanol–water partition coefficient (Wildman–Crippen LogP) is 6.30. The molecule has 0 unspecified atom stereocenters. The molecule has 1 heterocycles. The standard InChI is InChI=1S/C17H11Cl2F2N3O2S3/c18-10-6-5-9(7-11(10)19)24-17(27)29-16(23-24)28-8-14(25)22-12-3-1-2-4-13(12)26-15(20)21/h1-7,15H,8H2,(H,22,25). The van der Waals surface area contributed by atoms with Crippen LogP contribution in [0.1, 0.15) is 0 Å². The van der Waals surface area contributed by atoms with Gasteiger partial charge >= 0.3 is 6.61 Å². The average molecular weight is 494 g/mol. The van der Waals surface area contributed by atoms with Gasteiger partial charge in [-0.15, -0.1) is 5.10 Å². The SMILES string of the molecule is O=C(CSc1nn(-c2ccc(Cl)c(Cl)c2)c(=S)s1)Nc1ccccc1OC(F)F. The Labute approximate surface area is 187 Å². The van der Waals surface area contributed by atoms with E-state index in [4.69, 9.17) is 35.4 Å². The van der Waals surface area contributed by atoms with Crippen LogP contribution in [0.15, 0.2) is 46.8 Å². The number of nitrogens with zero attached hydrogens (tertiary/aromatic N) is 2. The first kappa shape index (κ1) is 22.0. The van der Waals surface area contributed by atoms with Gasteiger partial charge in [-0.25, -0.2) is 4.68 Å². The number of ether oxygens (including phenoxy) is 1. The highest BCUT2D eigenvalue weighted by Gasteiger charge is 2.14. The summed E-state index contributed by atoms with van der Waals surface area (Å²) in [7, 11) is 0. The van der Waals surface area contributed by atoms with Crippen LogP contribution in [0, 0.1) is 3.95 Å². The molecule has 1 amide bonds. The van der Waals surface area contributed by atoms with Gasteiger partial charge in [-0.05, 0) is 42.5 Å². The molecule has 0 atom stereocenters. The second kappa shape index (κ2) is 9.86. The number of para-hydroxylation sites is 2. The van der Waals surface area contributed by atoms with E-state index < -0.39 is 12.5 Å². The summed E-state index contributed by atoms with van der Waals surface area (Å²) in [4.78, 5) is 12.2. The number of halogens is 4. The van der Waals surface area contributed by atoms with E-state index in [9.17, 15) is 13.6 Å². The number of benzene rings is 2. The van der Waals surface area contributed by atoms with Crippen LogP contribution < -0.4 is 10.1 Å². The number of hydrogen-bond acceptors (Lipinski definition) is 6. The number of hydrogen-bond donors (Lipinski definition) is 1. The molecule has 0 saturated carbocycles. The summed E-state index contributed by atoms with van der Waals surface area (Å²) in [5, 5.41) is 7.71. The molecule has 1 N–H and O–H groups in total. The molecule has 5 nitrogen and oxygen atoms in total. The summed E-state index contributed by atoms with van der Waals surface area (Å²) in [6.07, 6.45) is 0. The zero-order valence-electron chi connectivity index (χ0n) is 14.3. The molecule has 12 heteroatoms. The fourth-order valence-corrected chi connectivity index (χ4v) is 4.63. The Bertz CT molecular complexity index is 1090. The summed E-state index contributed by atoms with van der Waals surface area (Å²) in [6.45, 7) is -2.99. The molecule has 0 spiro atoms. The van der Waals surface area contributed by atoms with Crippen molar-refractivity contribution in [1.82, 2.24) is 9.78 Å². The predicted molar refractivity (Wildman–Crippen MR) is 115 cm³/mol. The summed E-state index contributed by atoms with van der Waals surface area (Å²) >= 11 is 19.7. The van der Waals surface area contributed by atoms with E-state index in [2.05, 4.69) is 15.2 Å². The van der Waals surface area contributed by atoms with Crippen molar-refractivity contribution in [2.75, 3.05) is 11.1 Å². The number of anilines is 1. The Morgan fingerprint density at radius 1 is 1.28 bits per heavy atom. The number of carbonyl (C=O) groups excluding carboxylic acids is 1. The third-order valence-corrected chi connectivity index (χ3v) is 6.49. The molecule has 29 heavy (non-hydrogen) atoms. The lowest BCUT2D eigenvalue weighted by Crippen LogP contribution is -2.15. The summed E-state index contributed by atoms with van der Waals surface area (Å²) in [6, 6.07) is 11.0. The zero-order valence-corrected chi connectivity index (χ0v) is 18.2. The monoisotopic (exact) mass is 493 g/mol. The van der Waals surface area contributed by atoms with E-state index in [1.54, 1.807) is 24.3 Å². The minimum Gasteiger partial charge on any atom is -0.433 e. The van der Waals surface area contributed by atoms with Gasteiger partial charge in [0, 0.05) is 0 Å². The lowest BCUT2D eigenvalue weighted by atomic mass is 10.3. The summed E-state index contributed by atoms with van der Waals surface area (Å²) < 4.78 is 31.9. The third kappa shape index (κ3) is 5.89. The van der Waals surface area contributed by atoms with Gasteiger partial charge in [-0.1, -0.05) is 58.4 Å². The second-order valence-corrected chi connectivity index (χ2v) is 9.02. The number of carbonyl (C=O) groups is 1. The van der Waals surface area contributed by atoms with Crippen LogP contribution in [0.25, 0.3) is 5.69 Å². The van der Waals surface area contributed by atoms with Crippen LogP contribution in [-0.2, 0) is 4.79 Å². The molecule has 0 aliphatic carbocycles. The Morgan fingerprint density at radius 3 is 2.76 bits per heavy atom. The second-order valence-electron chi connectivity index (χ2n) is 5.36. The number of aromatic nitrogens is 2. The van der Waals surface area contributed by atoms with Gasteiger partial charge in [-0.2, -0.15) is 8.78 Å². The maximum Gasteiger partial charge on any atom is 0.387 e. The Balaban J connectivity index is 1.66. The first-order valence-electron chi connectivity index (χ1n) is 7.85. The van der Waals surface area contributed by atoms with E-state index in [0.29, 0.717) is 24.0 Å². The highest BCUT2D eigenvalue weighted by Crippen LogP contribution is 2.29. The quantitative estimate of drug-likeness (QED) is 0.309. The molecule has 0 aliphatic heterocycles. The van der Waals surface area contributed by atoms with Crippen molar-refractivity contribution in [3.63, 3.8) is 0 Å². The van der Waals surface area contributed by atoms with Crippen molar-refractivity contribution < 1.29 is 18.3 Å². The number of amides is 1. The van der Waals surface area contributed by atoms with E-state index in [0.717, 1.165) is 11.8 Å². The van der Waals surface area contributed by atoms with Crippen LogP contribution >= 0.6 is 58.5 Å². The Morgan fingerprint density at radius 2 is 2.03 bits per heavy atom. The van der Waals surface area contributed by atoms with Gasteiger partial charge in [0.05, 0.1) is 27.2 Å². The first-order valence-corrected chi connectivity index (χ1v) is 10.8. The highest BCUT2D eigenvalue weighted by molar-refractivity contribution is 8.01. The Kier molecular flexibility index (Phi) is 7.47. The maximum absolute atomic E-state index is 12.5. The topological polar surface area (TPSA) is 56.2 Å². The van der Waals surface area contributed by atoms with Crippen molar-refractivity contribution >= 4 is 70.1 Å². The summed E-state index contributed by atoms with van der Waals surface area (Å²) in [5.74, 6) is -0.505. The first-order chi connectivity index (χ1) is 13.8. The lowest BCUT2D eigenvalue weighted by Gasteiger charge is -2.11. The van der Waals surface area contributed by atoms with Gasteiger partial charge in [0.25, 0.3) is 0 Å². The van der Waals surface area contributed by atoms with Gasteiger partial charge in [0.15, 0.2) is 8.29 Å². The molecular weight excluding hydrogens is 483 g/mol. The van der Waals surface area contributed by atoms with Crippen LogP contribution in [0.5, 0.6) is 5.75 Å². The third-order valence-electron chi connectivity index (χ3n) is 3.38. The molecular formula is C17H11Cl2F2N3O2S3. The van der Waals surface area contributed by atoms with Crippen LogP contribution in [-0.4, -0.2) is 28.1 Å². The largest absolute Gasteiger partial charge is 0.433 e. The fourth-order valence-electron chi connectivity index (χ4n) is 2.18. The zero-order chi connectivity index (χ0) is 21.0. The molecule has 1 aromatic heterocycles. The highest BCUT2D eigenvalue weighted by atomic mass is 35.5. The minimum atomic E-state index is -2.99. The average Bonchev–Trinajstić information content (AvgIpc) is 3.04. The molecule has 152 valence electrons. The van der Waals surface area contributed by atoms with E-state index in [1.807, 2.05) is 0 Å². The minimum absolute atomic E-state index is 0.00662. The Hall–Kier alpha value is -1.72. The van der Waals surface area contributed by atoms with Crippen LogP contribution in [0.3, 0.4) is 0 Å².